The van der Waals surface area contributed by atoms with E-state index in [1.165, 1.54) is 24.3 Å². The van der Waals surface area contributed by atoms with Crippen LogP contribution in [0.3, 0.4) is 0 Å². The van der Waals surface area contributed by atoms with Crippen LogP contribution in [0.2, 0.25) is 5.02 Å². The van der Waals surface area contributed by atoms with Gasteiger partial charge in [-0.05, 0) is 30.3 Å². The van der Waals surface area contributed by atoms with Crippen LogP contribution in [0.4, 0.5) is 14.6 Å². The molecule has 1 aliphatic rings. The Hall–Kier alpha value is -4.18. The Balaban J connectivity index is 1.67. The van der Waals surface area contributed by atoms with Crippen LogP contribution in [0.5, 0.6) is 17.5 Å². The normalized spacial score (nSPS) is 13.8. The number of nitrogens with zero attached hydrogens (tertiary/aromatic N) is 4. The molecule has 2 N–H and O–H groups in total. The van der Waals surface area contributed by atoms with Crippen LogP contribution in [-0.2, 0) is 4.79 Å². The minimum Gasteiger partial charge on any atom is -0.507 e. The third-order valence-corrected chi connectivity index (χ3v) is 6.23. The minimum absolute atomic E-state index is 0.120. The first-order valence-electron chi connectivity index (χ1n) is 11.0. The molecule has 8 nitrogen and oxygen atoms in total. The SMILES string of the molecule is C=CC(=O)N1CCN(c2nc(Oc3cc[nH]c3)nc3c(F)c(-c4c(O)cccc4F)c(Cl)cc23)CC1. The van der Waals surface area contributed by atoms with E-state index in [0.29, 0.717) is 37.7 Å². The van der Waals surface area contributed by atoms with Crippen LogP contribution < -0.4 is 9.64 Å². The zero-order valence-electron chi connectivity index (χ0n) is 18.8. The van der Waals surface area contributed by atoms with Gasteiger partial charge in [-0.3, -0.25) is 4.79 Å². The zero-order chi connectivity index (χ0) is 25.4. The lowest BCUT2D eigenvalue weighted by molar-refractivity contribution is -0.126. The second-order valence-electron chi connectivity index (χ2n) is 8.07. The number of hydrogen-bond acceptors (Lipinski definition) is 6. The molecule has 11 heteroatoms. The van der Waals surface area contributed by atoms with Crippen LogP contribution in [-0.4, -0.2) is 57.0 Å². The van der Waals surface area contributed by atoms with Crippen molar-refractivity contribution in [3.8, 4) is 28.6 Å². The number of nitrogens with one attached hydrogen (secondary N) is 1. The largest absolute Gasteiger partial charge is 0.507 e. The number of anilines is 1. The third kappa shape index (κ3) is 4.20. The second-order valence-corrected chi connectivity index (χ2v) is 8.48. The number of benzene rings is 2. The van der Waals surface area contributed by atoms with Crippen molar-refractivity contribution in [3.63, 3.8) is 0 Å². The van der Waals surface area contributed by atoms with Crippen molar-refractivity contribution < 1.29 is 23.4 Å². The predicted octanol–water partition coefficient (Wildman–Crippen LogP) is 4.89. The number of carbonyl (C=O) groups excluding carboxylic acids is 1. The van der Waals surface area contributed by atoms with E-state index in [4.69, 9.17) is 16.3 Å². The first-order valence-corrected chi connectivity index (χ1v) is 11.4. The van der Waals surface area contributed by atoms with Gasteiger partial charge in [-0.15, -0.1) is 0 Å². The average molecular weight is 512 g/mol. The summed E-state index contributed by atoms with van der Waals surface area (Å²) in [6, 6.07) is 6.61. The van der Waals surface area contributed by atoms with E-state index >= 15 is 4.39 Å². The number of phenolic OH excluding ortho intramolecular Hbond substituents is 1. The number of ether oxygens (including phenoxy) is 1. The Bertz CT molecular complexity index is 1450. The lowest BCUT2D eigenvalue weighted by Crippen LogP contribution is -2.48. The number of carbonyl (C=O) groups is 1. The van der Waals surface area contributed by atoms with Crippen molar-refractivity contribution in [1.82, 2.24) is 19.9 Å². The number of aromatic hydroxyl groups is 1. The van der Waals surface area contributed by atoms with Crippen LogP contribution in [0, 0.1) is 11.6 Å². The second kappa shape index (κ2) is 9.46. The van der Waals surface area contributed by atoms with E-state index < -0.39 is 17.4 Å². The summed E-state index contributed by atoms with van der Waals surface area (Å²) >= 11 is 6.45. The number of aromatic amines is 1. The standard InChI is InChI=1S/C25H20ClF2N5O3/c1-2-19(35)32-8-10-33(11-9-32)24-15-12-16(26)20(21-17(27)4-3-5-18(21)34)22(28)23(15)30-25(31-24)36-14-6-7-29-13-14/h2-7,12-13,29,34H,1,8-11H2. The van der Waals surface area contributed by atoms with Gasteiger partial charge in [0.25, 0.3) is 0 Å². The first kappa shape index (κ1) is 23.6. The maximum absolute atomic E-state index is 16.0. The molecule has 0 bridgehead atoms. The predicted molar refractivity (Wildman–Crippen MR) is 131 cm³/mol. The van der Waals surface area contributed by atoms with Crippen molar-refractivity contribution in [2.24, 2.45) is 0 Å². The van der Waals surface area contributed by atoms with Crippen LogP contribution in [0.25, 0.3) is 22.0 Å². The lowest BCUT2D eigenvalue weighted by Gasteiger charge is -2.35. The summed E-state index contributed by atoms with van der Waals surface area (Å²) in [5.74, 6) is -1.65. The first-order chi connectivity index (χ1) is 17.4. The Labute approximate surface area is 209 Å². The van der Waals surface area contributed by atoms with Gasteiger partial charge in [-0.25, -0.2) is 8.78 Å². The number of aromatic nitrogens is 3. The molecule has 0 radical (unpaired) electrons. The summed E-state index contributed by atoms with van der Waals surface area (Å²) < 4.78 is 36.4. The van der Waals surface area contributed by atoms with Crippen LogP contribution in [0.1, 0.15) is 0 Å². The van der Waals surface area contributed by atoms with Crippen LogP contribution in [0.15, 0.2) is 55.4 Å². The fourth-order valence-corrected chi connectivity index (χ4v) is 4.47. The maximum atomic E-state index is 16.0. The van der Waals surface area contributed by atoms with Gasteiger partial charge < -0.3 is 24.6 Å². The molecule has 1 aliphatic heterocycles. The summed E-state index contributed by atoms with van der Waals surface area (Å²) in [5, 5.41) is 10.4. The quantitative estimate of drug-likeness (QED) is 0.371. The number of hydrogen-bond donors (Lipinski definition) is 2. The van der Waals surface area contributed by atoms with Gasteiger partial charge in [0.1, 0.15) is 28.7 Å². The number of piperazine rings is 1. The number of halogens is 3. The number of H-pyrrole nitrogens is 1. The molecule has 1 saturated heterocycles. The number of fused-ring (bicyclic) bond motifs is 1. The fourth-order valence-electron chi connectivity index (χ4n) is 4.18. The third-order valence-electron chi connectivity index (χ3n) is 5.93. The van der Waals surface area contributed by atoms with Gasteiger partial charge in [0, 0.05) is 49.5 Å². The van der Waals surface area contributed by atoms with Crippen molar-refractivity contribution in [1.29, 1.82) is 0 Å². The highest BCUT2D eigenvalue weighted by Crippen LogP contribution is 2.43. The molecule has 2 aromatic carbocycles. The smallest absolute Gasteiger partial charge is 0.324 e. The summed E-state index contributed by atoms with van der Waals surface area (Å²) in [6.45, 7) is 5.14. The molecule has 5 rings (SSSR count). The van der Waals surface area contributed by atoms with Crippen molar-refractivity contribution in [3.05, 3.63) is 72.0 Å². The summed E-state index contributed by atoms with van der Waals surface area (Å²) in [4.78, 5) is 27.1. The Morgan fingerprint density at radius 3 is 2.61 bits per heavy atom. The zero-order valence-corrected chi connectivity index (χ0v) is 19.6. The highest BCUT2D eigenvalue weighted by atomic mass is 35.5. The van der Waals surface area contributed by atoms with Gasteiger partial charge in [-0.2, -0.15) is 9.97 Å². The molecule has 4 aromatic rings. The van der Waals surface area contributed by atoms with Crippen LogP contribution >= 0.6 is 11.6 Å². The highest BCUT2D eigenvalue weighted by Gasteiger charge is 2.27. The monoisotopic (exact) mass is 511 g/mol. The average Bonchev–Trinajstić information content (AvgIpc) is 3.38. The maximum Gasteiger partial charge on any atom is 0.324 e. The molecule has 1 amide bonds. The Morgan fingerprint density at radius 1 is 1.17 bits per heavy atom. The highest BCUT2D eigenvalue weighted by molar-refractivity contribution is 6.34. The van der Waals surface area contributed by atoms with Crippen molar-refractivity contribution >= 4 is 34.2 Å². The van der Waals surface area contributed by atoms with E-state index in [1.54, 1.807) is 23.4 Å². The molecule has 0 atom stereocenters. The molecular weight excluding hydrogens is 492 g/mol. The number of amides is 1. The summed E-state index contributed by atoms with van der Waals surface area (Å²) in [5.41, 5.74) is -0.845. The lowest BCUT2D eigenvalue weighted by atomic mass is 10.0. The Kier molecular flexibility index (Phi) is 6.19. The molecule has 0 spiro atoms. The molecule has 0 unspecified atom stereocenters. The van der Waals surface area contributed by atoms with E-state index in [-0.39, 0.29) is 39.0 Å². The number of rotatable bonds is 5. The van der Waals surface area contributed by atoms with Gasteiger partial charge in [0.2, 0.25) is 5.91 Å². The van der Waals surface area contributed by atoms with Gasteiger partial charge >= 0.3 is 6.01 Å². The number of phenols is 1. The molecule has 0 saturated carbocycles. The Morgan fingerprint density at radius 2 is 1.94 bits per heavy atom. The molecule has 2 aromatic heterocycles. The fraction of sp³-hybridized carbons (Fsp3) is 0.160. The summed E-state index contributed by atoms with van der Waals surface area (Å²) in [7, 11) is 0. The van der Waals surface area contributed by atoms with E-state index in [0.717, 1.165) is 6.07 Å². The topological polar surface area (TPSA) is 94.6 Å². The van der Waals surface area contributed by atoms with Gasteiger partial charge in [-0.1, -0.05) is 24.2 Å². The molecule has 36 heavy (non-hydrogen) atoms. The van der Waals surface area contributed by atoms with E-state index in [9.17, 15) is 14.3 Å². The van der Waals surface area contributed by atoms with Gasteiger partial charge in [0.15, 0.2) is 5.82 Å². The van der Waals surface area contributed by atoms with E-state index in [1.807, 2.05) is 4.90 Å². The van der Waals surface area contributed by atoms with Gasteiger partial charge in [0.05, 0.1) is 10.6 Å². The molecule has 184 valence electrons. The molecule has 1 fully saturated rings. The van der Waals surface area contributed by atoms with Crippen molar-refractivity contribution in [2.75, 3.05) is 31.1 Å². The minimum atomic E-state index is -0.930. The summed E-state index contributed by atoms with van der Waals surface area (Å²) in [6.07, 6.45) is 4.48. The van der Waals surface area contributed by atoms with E-state index in [2.05, 4.69) is 21.5 Å². The molecular formula is C25H20ClF2N5O3. The molecule has 0 aliphatic carbocycles. The molecule has 3 heterocycles. The van der Waals surface area contributed by atoms with Crippen molar-refractivity contribution in [2.45, 2.75) is 0 Å².